The number of fused-ring (bicyclic) bond motifs is 4. The molecule has 1 aromatic carbocycles. The number of hydrogen-bond acceptors (Lipinski definition) is 8. The highest BCUT2D eigenvalue weighted by atomic mass is 16.7. The molecule has 172 valence electrons. The summed E-state index contributed by atoms with van der Waals surface area (Å²) in [5.74, 6) is -3.78. The molecule has 2 aromatic rings. The van der Waals surface area contributed by atoms with Gasteiger partial charge in [-0.1, -0.05) is 45.0 Å². The third-order valence-corrected chi connectivity index (χ3v) is 6.62. The van der Waals surface area contributed by atoms with Crippen LogP contribution in [0.3, 0.4) is 0 Å². The van der Waals surface area contributed by atoms with E-state index in [0.717, 1.165) is 5.56 Å². The van der Waals surface area contributed by atoms with Gasteiger partial charge in [0.05, 0.1) is 18.4 Å². The molecule has 0 bridgehead atoms. The lowest BCUT2D eigenvalue weighted by Gasteiger charge is -2.43. The van der Waals surface area contributed by atoms with E-state index in [4.69, 9.17) is 13.9 Å². The van der Waals surface area contributed by atoms with Gasteiger partial charge in [-0.2, -0.15) is 5.10 Å². The highest BCUT2D eigenvalue weighted by Crippen LogP contribution is 2.63. The van der Waals surface area contributed by atoms with Crippen molar-refractivity contribution < 1.29 is 28.3 Å². The Hall–Kier alpha value is -3.42. The van der Waals surface area contributed by atoms with Gasteiger partial charge in [0, 0.05) is 19.3 Å². The molecule has 0 radical (unpaired) electrons. The first kappa shape index (κ1) is 21.4. The van der Waals surface area contributed by atoms with Crippen LogP contribution in [-0.4, -0.2) is 40.8 Å². The molecule has 0 aliphatic carbocycles. The fourth-order valence-electron chi connectivity index (χ4n) is 5.23. The number of rotatable bonds is 2. The molecule has 3 aliphatic heterocycles. The predicted molar refractivity (Wildman–Crippen MR) is 117 cm³/mol. The Morgan fingerprint density at radius 2 is 1.70 bits per heavy atom. The highest BCUT2D eigenvalue weighted by molar-refractivity contribution is 6.07. The third kappa shape index (κ3) is 2.89. The van der Waals surface area contributed by atoms with E-state index < -0.39 is 46.6 Å². The summed E-state index contributed by atoms with van der Waals surface area (Å²) in [6.07, 6.45) is 3.11. The second-order valence-electron chi connectivity index (χ2n) is 10.3. The number of hydrogen-bond donors (Lipinski definition) is 0. The molecule has 0 saturated carbocycles. The van der Waals surface area contributed by atoms with Gasteiger partial charge < -0.3 is 13.9 Å². The van der Waals surface area contributed by atoms with Gasteiger partial charge >= 0.3 is 11.9 Å². The quantitative estimate of drug-likeness (QED) is 0.509. The number of ether oxygens (including phenoxy) is 2. The summed E-state index contributed by atoms with van der Waals surface area (Å²) in [5.41, 5.74) is -1.21. The van der Waals surface area contributed by atoms with Gasteiger partial charge in [-0.15, -0.1) is 0 Å². The summed E-state index contributed by atoms with van der Waals surface area (Å²) in [4.78, 5) is 41.6. The van der Waals surface area contributed by atoms with Gasteiger partial charge in [0.2, 0.25) is 5.41 Å². The Balaban J connectivity index is 1.83. The first-order chi connectivity index (χ1) is 15.5. The van der Waals surface area contributed by atoms with Crippen molar-refractivity contribution in [3.05, 3.63) is 59.5 Å². The highest BCUT2D eigenvalue weighted by Gasteiger charge is 2.76. The number of carbonyl (C=O) groups excluding carboxylic acids is 3. The van der Waals surface area contributed by atoms with Crippen molar-refractivity contribution in [2.75, 3.05) is 0 Å². The number of hydrazone groups is 1. The summed E-state index contributed by atoms with van der Waals surface area (Å²) in [6.45, 7) is 8.42. The van der Waals surface area contributed by atoms with E-state index in [9.17, 15) is 14.4 Å². The van der Waals surface area contributed by atoms with E-state index in [1.165, 1.54) is 20.1 Å². The molecular formula is C25H26N2O6. The number of nitrogens with zero attached hydrogens (tertiary/aromatic N) is 2. The standard InChI is InChI=1S/C25H26N2O6/c1-23(2,3)20(28)18-17(16-11-8-12-31-16)25(21(29)32-24(4,5)33-22(25)30)19-15-10-7-6-9-14(15)13-26-27(18)19/h6-13,17-19H,1-5H3/t17-,18+,19?/m1/s1. The van der Waals surface area contributed by atoms with Crippen LogP contribution in [0.5, 0.6) is 0 Å². The topological polar surface area (TPSA) is 98.4 Å². The van der Waals surface area contributed by atoms with E-state index in [0.29, 0.717) is 11.3 Å². The molecule has 0 N–H and O–H groups in total. The Bertz CT molecular complexity index is 1150. The zero-order chi connectivity index (χ0) is 23.8. The molecule has 4 heterocycles. The number of ketones is 1. The normalized spacial score (nSPS) is 27.1. The number of benzene rings is 1. The predicted octanol–water partition coefficient (Wildman–Crippen LogP) is 3.57. The van der Waals surface area contributed by atoms with Crippen molar-refractivity contribution in [3.63, 3.8) is 0 Å². The van der Waals surface area contributed by atoms with Gasteiger partial charge in [-0.3, -0.25) is 19.4 Å². The van der Waals surface area contributed by atoms with Crippen LogP contribution in [0.15, 0.2) is 52.2 Å². The van der Waals surface area contributed by atoms with Crippen LogP contribution < -0.4 is 0 Å². The second-order valence-corrected chi connectivity index (χ2v) is 10.3. The molecule has 5 rings (SSSR count). The van der Waals surface area contributed by atoms with Crippen LogP contribution in [-0.2, 0) is 23.9 Å². The van der Waals surface area contributed by atoms with Crippen molar-refractivity contribution in [2.45, 2.75) is 58.4 Å². The number of furan rings is 1. The second kappa shape index (κ2) is 6.79. The maximum atomic E-state index is 13.9. The van der Waals surface area contributed by atoms with Gasteiger partial charge in [0.25, 0.3) is 5.79 Å². The van der Waals surface area contributed by atoms with Crippen molar-refractivity contribution >= 4 is 23.9 Å². The molecule has 3 atom stereocenters. The SMILES string of the molecule is CC1(C)OC(=O)C2(C(=O)O1)C1c3ccccc3C=NN1[C@H](C(=O)C(C)(C)C)[C@H]2c1ccco1. The summed E-state index contributed by atoms with van der Waals surface area (Å²) in [6, 6.07) is 8.85. The van der Waals surface area contributed by atoms with Gasteiger partial charge in [-0.05, 0) is 23.3 Å². The van der Waals surface area contributed by atoms with E-state index in [-0.39, 0.29) is 5.78 Å². The molecule has 1 spiro atoms. The molecule has 1 aromatic heterocycles. The minimum Gasteiger partial charge on any atom is -0.469 e. The number of carbonyl (C=O) groups is 3. The summed E-state index contributed by atoms with van der Waals surface area (Å²) in [7, 11) is 0. The maximum absolute atomic E-state index is 13.9. The lowest BCUT2D eigenvalue weighted by molar-refractivity contribution is -0.254. The van der Waals surface area contributed by atoms with Gasteiger partial charge in [-0.25, -0.2) is 0 Å². The Morgan fingerprint density at radius 3 is 2.30 bits per heavy atom. The van der Waals surface area contributed by atoms with E-state index >= 15 is 0 Å². The maximum Gasteiger partial charge on any atom is 0.330 e. The van der Waals surface area contributed by atoms with Crippen LogP contribution in [0, 0.1) is 10.8 Å². The fraction of sp³-hybridized carbons (Fsp3) is 0.440. The van der Waals surface area contributed by atoms with Crippen LogP contribution in [0.2, 0.25) is 0 Å². The van der Waals surface area contributed by atoms with Crippen LogP contribution in [0.4, 0.5) is 0 Å². The molecule has 33 heavy (non-hydrogen) atoms. The number of Topliss-reactive ketones (excluding diaryl/α,β-unsaturated/α-hetero) is 1. The van der Waals surface area contributed by atoms with Gasteiger partial charge in [0.15, 0.2) is 5.78 Å². The molecule has 2 saturated heterocycles. The zero-order valence-corrected chi connectivity index (χ0v) is 19.2. The van der Waals surface area contributed by atoms with Crippen LogP contribution >= 0.6 is 0 Å². The molecule has 8 heteroatoms. The Morgan fingerprint density at radius 1 is 1.03 bits per heavy atom. The van der Waals surface area contributed by atoms with Crippen molar-refractivity contribution in [1.82, 2.24) is 5.01 Å². The lowest BCUT2D eigenvalue weighted by atomic mass is 9.65. The molecule has 0 amide bonds. The number of esters is 2. The Kier molecular flexibility index (Phi) is 4.41. The third-order valence-electron chi connectivity index (χ3n) is 6.62. The van der Waals surface area contributed by atoms with Crippen LogP contribution in [0.25, 0.3) is 0 Å². The van der Waals surface area contributed by atoms with Crippen molar-refractivity contribution in [1.29, 1.82) is 0 Å². The Labute approximate surface area is 191 Å². The first-order valence-electron chi connectivity index (χ1n) is 10.9. The molecular weight excluding hydrogens is 424 g/mol. The minimum atomic E-state index is -1.88. The van der Waals surface area contributed by atoms with Crippen molar-refractivity contribution in [3.8, 4) is 0 Å². The smallest absolute Gasteiger partial charge is 0.330 e. The molecule has 1 unspecified atom stereocenters. The monoisotopic (exact) mass is 450 g/mol. The molecule has 8 nitrogen and oxygen atoms in total. The molecule has 2 fully saturated rings. The molecule has 3 aliphatic rings. The van der Waals surface area contributed by atoms with E-state index in [1.54, 1.807) is 44.1 Å². The van der Waals surface area contributed by atoms with Crippen molar-refractivity contribution in [2.24, 2.45) is 15.9 Å². The van der Waals surface area contributed by atoms with Crippen LogP contribution in [0.1, 0.15) is 63.5 Å². The van der Waals surface area contributed by atoms with E-state index in [1.807, 2.05) is 24.3 Å². The van der Waals surface area contributed by atoms with Gasteiger partial charge in [0.1, 0.15) is 17.8 Å². The zero-order valence-electron chi connectivity index (χ0n) is 19.2. The lowest BCUT2D eigenvalue weighted by Crippen LogP contribution is -2.58. The first-order valence-corrected chi connectivity index (χ1v) is 10.9. The summed E-state index contributed by atoms with van der Waals surface area (Å²) in [5, 5.41) is 6.17. The largest absolute Gasteiger partial charge is 0.469 e. The van der Waals surface area contributed by atoms with E-state index in [2.05, 4.69) is 5.10 Å². The average Bonchev–Trinajstić information content (AvgIpc) is 3.35. The fourth-order valence-corrected chi connectivity index (χ4v) is 5.23. The summed E-state index contributed by atoms with van der Waals surface area (Å²) < 4.78 is 17.1. The average molecular weight is 450 g/mol. The minimum absolute atomic E-state index is 0.173. The number of cyclic esters (lactones) is 2. The summed E-state index contributed by atoms with van der Waals surface area (Å²) >= 11 is 0.